The molecule has 2 aliphatic rings. The third kappa shape index (κ3) is 2.91. The van der Waals surface area contributed by atoms with Gasteiger partial charge < -0.3 is 5.73 Å². The van der Waals surface area contributed by atoms with Crippen LogP contribution >= 0.6 is 0 Å². The van der Waals surface area contributed by atoms with Crippen molar-refractivity contribution in [2.45, 2.75) is 71.3 Å². The summed E-state index contributed by atoms with van der Waals surface area (Å²) in [7, 11) is 0. The van der Waals surface area contributed by atoms with Crippen molar-refractivity contribution in [2.75, 3.05) is 19.6 Å². The van der Waals surface area contributed by atoms with Crippen molar-refractivity contribution in [1.29, 1.82) is 0 Å². The number of nitrogens with two attached hydrogens (primary N) is 1. The average molecular weight is 252 g/mol. The van der Waals surface area contributed by atoms with E-state index in [4.69, 9.17) is 5.73 Å². The van der Waals surface area contributed by atoms with Crippen molar-refractivity contribution in [3.63, 3.8) is 0 Å². The van der Waals surface area contributed by atoms with Crippen molar-refractivity contribution in [3.05, 3.63) is 0 Å². The molecule has 0 atom stereocenters. The maximum atomic E-state index is 6.18. The van der Waals surface area contributed by atoms with Crippen molar-refractivity contribution in [1.82, 2.24) is 4.90 Å². The molecule has 0 spiro atoms. The van der Waals surface area contributed by atoms with E-state index >= 15 is 0 Å². The van der Waals surface area contributed by atoms with Gasteiger partial charge in [-0.15, -0.1) is 0 Å². The molecule has 1 saturated heterocycles. The first-order valence-corrected chi connectivity index (χ1v) is 7.93. The van der Waals surface area contributed by atoms with Crippen LogP contribution in [0.1, 0.15) is 65.7 Å². The maximum Gasteiger partial charge on any atom is 0.0331 e. The Hall–Kier alpha value is -0.0800. The predicted octanol–water partition coefficient (Wildman–Crippen LogP) is 3.41. The van der Waals surface area contributed by atoms with E-state index in [0.717, 1.165) is 12.5 Å². The van der Waals surface area contributed by atoms with Gasteiger partial charge in [0.15, 0.2) is 0 Å². The van der Waals surface area contributed by atoms with Gasteiger partial charge in [0.2, 0.25) is 0 Å². The SMILES string of the molecule is CC(C)(C)C1CCC(CN)(N2CCCCC2)CC1. The fourth-order valence-corrected chi connectivity index (χ4v) is 4.04. The molecule has 2 nitrogen and oxygen atoms in total. The number of rotatable bonds is 2. The Morgan fingerprint density at radius 2 is 1.61 bits per heavy atom. The van der Waals surface area contributed by atoms with Gasteiger partial charge in [0.05, 0.1) is 0 Å². The minimum atomic E-state index is 0.349. The minimum Gasteiger partial charge on any atom is -0.329 e. The van der Waals surface area contributed by atoms with Crippen LogP contribution in [0, 0.1) is 11.3 Å². The molecule has 2 heteroatoms. The summed E-state index contributed by atoms with van der Waals surface area (Å²) >= 11 is 0. The monoisotopic (exact) mass is 252 g/mol. The normalized spacial score (nSPS) is 35.7. The van der Waals surface area contributed by atoms with Crippen LogP contribution in [0.2, 0.25) is 0 Å². The first kappa shape index (κ1) is 14.3. The van der Waals surface area contributed by atoms with E-state index in [9.17, 15) is 0 Å². The predicted molar refractivity (Wildman–Crippen MR) is 78.6 cm³/mol. The van der Waals surface area contributed by atoms with Crippen LogP contribution in [0.15, 0.2) is 0 Å². The zero-order valence-electron chi connectivity index (χ0n) is 12.7. The molecule has 2 fully saturated rings. The summed E-state index contributed by atoms with van der Waals surface area (Å²) in [6.45, 7) is 10.6. The standard InChI is InChI=1S/C16H32N2/c1-15(2,3)14-7-9-16(13-17,10-8-14)18-11-5-4-6-12-18/h14H,4-13,17H2,1-3H3. The Morgan fingerprint density at radius 1 is 1.06 bits per heavy atom. The summed E-state index contributed by atoms with van der Waals surface area (Å²) in [5.41, 5.74) is 7.01. The van der Waals surface area contributed by atoms with Gasteiger partial charge >= 0.3 is 0 Å². The second-order valence-electron chi connectivity index (χ2n) is 7.62. The molecule has 2 N–H and O–H groups in total. The van der Waals surface area contributed by atoms with E-state index in [1.165, 1.54) is 58.0 Å². The smallest absolute Gasteiger partial charge is 0.0331 e. The molecular formula is C16H32N2. The Morgan fingerprint density at radius 3 is 2.06 bits per heavy atom. The van der Waals surface area contributed by atoms with Crippen LogP contribution in [0.5, 0.6) is 0 Å². The molecule has 0 aromatic carbocycles. The first-order chi connectivity index (χ1) is 8.48. The summed E-state index contributed by atoms with van der Waals surface area (Å²) in [6, 6.07) is 0. The Kier molecular flexibility index (Phi) is 4.38. The van der Waals surface area contributed by atoms with Crippen LogP contribution < -0.4 is 5.73 Å². The molecule has 1 heterocycles. The molecule has 1 aliphatic heterocycles. The summed E-state index contributed by atoms with van der Waals surface area (Å²) in [5.74, 6) is 0.891. The van der Waals surface area contributed by atoms with Crippen LogP contribution in [0.25, 0.3) is 0 Å². The molecule has 0 unspecified atom stereocenters. The molecule has 106 valence electrons. The molecule has 1 aliphatic carbocycles. The average Bonchev–Trinajstić information content (AvgIpc) is 2.39. The van der Waals surface area contributed by atoms with Gasteiger partial charge in [-0.3, -0.25) is 4.90 Å². The van der Waals surface area contributed by atoms with Crippen LogP contribution in [-0.4, -0.2) is 30.1 Å². The lowest BCUT2D eigenvalue weighted by Crippen LogP contribution is -2.57. The van der Waals surface area contributed by atoms with Gasteiger partial charge in [-0.2, -0.15) is 0 Å². The van der Waals surface area contributed by atoms with Gasteiger partial charge in [-0.05, 0) is 62.9 Å². The van der Waals surface area contributed by atoms with Gasteiger partial charge in [0.1, 0.15) is 0 Å². The highest BCUT2D eigenvalue weighted by atomic mass is 15.2. The largest absolute Gasteiger partial charge is 0.329 e. The van der Waals surface area contributed by atoms with Gasteiger partial charge in [0.25, 0.3) is 0 Å². The van der Waals surface area contributed by atoms with E-state index in [-0.39, 0.29) is 0 Å². The zero-order valence-corrected chi connectivity index (χ0v) is 12.7. The second-order valence-corrected chi connectivity index (χ2v) is 7.62. The topological polar surface area (TPSA) is 29.3 Å². The Bertz CT molecular complexity index is 253. The highest BCUT2D eigenvalue weighted by Crippen LogP contribution is 2.43. The third-order valence-corrected chi connectivity index (χ3v) is 5.55. The fraction of sp³-hybridized carbons (Fsp3) is 1.00. The minimum absolute atomic E-state index is 0.349. The number of piperidine rings is 1. The third-order valence-electron chi connectivity index (χ3n) is 5.55. The zero-order chi connectivity index (χ0) is 13.2. The molecule has 0 bridgehead atoms. The molecule has 18 heavy (non-hydrogen) atoms. The molecule has 0 radical (unpaired) electrons. The van der Waals surface area contributed by atoms with Crippen molar-refractivity contribution < 1.29 is 0 Å². The van der Waals surface area contributed by atoms with Gasteiger partial charge in [0, 0.05) is 12.1 Å². The van der Waals surface area contributed by atoms with E-state index < -0.39 is 0 Å². The quantitative estimate of drug-likeness (QED) is 0.816. The molecule has 0 amide bonds. The lowest BCUT2D eigenvalue weighted by atomic mass is 9.66. The van der Waals surface area contributed by atoms with Crippen LogP contribution in [0.3, 0.4) is 0 Å². The summed E-state index contributed by atoms with van der Waals surface area (Å²) in [5, 5.41) is 0. The number of nitrogens with zero attached hydrogens (tertiary/aromatic N) is 1. The van der Waals surface area contributed by atoms with E-state index in [1.54, 1.807) is 0 Å². The number of hydrogen-bond acceptors (Lipinski definition) is 2. The van der Waals surface area contributed by atoms with E-state index in [0.29, 0.717) is 11.0 Å². The molecule has 1 saturated carbocycles. The van der Waals surface area contributed by atoms with E-state index in [2.05, 4.69) is 25.7 Å². The Labute approximate surface area is 113 Å². The van der Waals surface area contributed by atoms with Crippen LogP contribution in [-0.2, 0) is 0 Å². The lowest BCUT2D eigenvalue weighted by Gasteiger charge is -2.51. The number of likely N-dealkylation sites (tertiary alicyclic amines) is 1. The summed E-state index contributed by atoms with van der Waals surface area (Å²) in [4.78, 5) is 2.73. The summed E-state index contributed by atoms with van der Waals surface area (Å²) < 4.78 is 0. The second kappa shape index (κ2) is 5.50. The molecule has 0 aromatic rings. The van der Waals surface area contributed by atoms with Gasteiger partial charge in [-0.25, -0.2) is 0 Å². The van der Waals surface area contributed by atoms with Gasteiger partial charge in [-0.1, -0.05) is 27.2 Å². The van der Waals surface area contributed by atoms with Crippen molar-refractivity contribution >= 4 is 0 Å². The Balaban J connectivity index is 1.99. The van der Waals surface area contributed by atoms with Crippen LogP contribution in [0.4, 0.5) is 0 Å². The lowest BCUT2D eigenvalue weighted by molar-refractivity contribution is 0.00967. The maximum absolute atomic E-state index is 6.18. The molecular weight excluding hydrogens is 220 g/mol. The van der Waals surface area contributed by atoms with Crippen molar-refractivity contribution in [2.24, 2.45) is 17.1 Å². The highest BCUT2D eigenvalue weighted by Gasteiger charge is 2.41. The molecule has 0 aromatic heterocycles. The first-order valence-electron chi connectivity index (χ1n) is 7.93. The summed E-state index contributed by atoms with van der Waals surface area (Å²) in [6.07, 6.45) is 9.57. The fourth-order valence-electron chi connectivity index (χ4n) is 4.04. The molecule has 2 rings (SSSR count). The van der Waals surface area contributed by atoms with E-state index in [1.807, 2.05) is 0 Å². The van der Waals surface area contributed by atoms with Crippen molar-refractivity contribution in [3.8, 4) is 0 Å². The highest BCUT2D eigenvalue weighted by molar-refractivity contribution is 4.98. The number of hydrogen-bond donors (Lipinski definition) is 1.